The number of hydrogen-bond donors (Lipinski definition) is 1. The molecule has 0 saturated heterocycles. The Balaban J connectivity index is 2.41. The molecule has 2 aromatic heterocycles. The van der Waals surface area contributed by atoms with Crippen LogP contribution in [0.5, 0.6) is 5.88 Å². The summed E-state index contributed by atoms with van der Waals surface area (Å²) in [5, 5.41) is 3.90. The zero-order valence-electron chi connectivity index (χ0n) is 13.1. The van der Waals surface area contributed by atoms with E-state index < -0.39 is 11.7 Å². The van der Waals surface area contributed by atoms with Crippen molar-refractivity contribution < 1.29 is 14.3 Å². The molecule has 0 aliphatic rings. The number of nitrogens with zero attached hydrogens (tertiary/aromatic N) is 3. The highest BCUT2D eigenvalue weighted by atomic mass is 32.2. The lowest BCUT2D eigenvalue weighted by atomic mass is 10.2. The van der Waals surface area contributed by atoms with Gasteiger partial charge < -0.3 is 9.47 Å². The number of thioether (sulfide) groups is 1. The van der Waals surface area contributed by atoms with Gasteiger partial charge in [-0.3, -0.25) is 5.32 Å². The summed E-state index contributed by atoms with van der Waals surface area (Å²) in [6, 6.07) is 0. The third-order valence-electron chi connectivity index (χ3n) is 2.58. The minimum atomic E-state index is -0.581. The molecule has 7 nitrogen and oxygen atoms in total. The van der Waals surface area contributed by atoms with Crippen LogP contribution < -0.4 is 10.1 Å². The minimum absolute atomic E-state index is 0.377. The van der Waals surface area contributed by atoms with Crippen LogP contribution >= 0.6 is 11.8 Å². The number of nitrogens with one attached hydrogen (secondary N) is 1. The van der Waals surface area contributed by atoms with E-state index in [1.165, 1.54) is 25.1 Å². The van der Waals surface area contributed by atoms with Crippen molar-refractivity contribution in [2.24, 2.45) is 0 Å². The molecule has 0 radical (unpaired) electrons. The highest BCUT2D eigenvalue weighted by Gasteiger charge is 2.18. The van der Waals surface area contributed by atoms with Crippen molar-refractivity contribution in [2.75, 3.05) is 18.7 Å². The van der Waals surface area contributed by atoms with Crippen LogP contribution in [-0.4, -0.2) is 40.0 Å². The number of rotatable bonds is 3. The number of methoxy groups -OCH3 is 1. The third-order valence-corrected chi connectivity index (χ3v) is 3.14. The van der Waals surface area contributed by atoms with Gasteiger partial charge >= 0.3 is 6.09 Å². The Hall–Kier alpha value is -2.09. The van der Waals surface area contributed by atoms with Crippen molar-refractivity contribution >= 4 is 34.4 Å². The highest BCUT2D eigenvalue weighted by molar-refractivity contribution is 7.98. The minimum Gasteiger partial charge on any atom is -0.479 e. The second-order valence-electron chi connectivity index (χ2n) is 5.43. The summed E-state index contributed by atoms with van der Waals surface area (Å²) in [4.78, 5) is 24.7. The Morgan fingerprint density at radius 3 is 2.59 bits per heavy atom. The number of pyridine rings is 1. The lowest BCUT2D eigenvalue weighted by molar-refractivity contribution is 0.0636. The number of aromatic nitrogens is 3. The van der Waals surface area contributed by atoms with Crippen LogP contribution in [0, 0.1) is 0 Å². The molecule has 1 amide bonds. The van der Waals surface area contributed by atoms with Crippen molar-refractivity contribution in [3.63, 3.8) is 0 Å². The van der Waals surface area contributed by atoms with E-state index in [1.54, 1.807) is 27.0 Å². The largest absolute Gasteiger partial charge is 0.479 e. The Morgan fingerprint density at radius 1 is 1.27 bits per heavy atom. The molecule has 0 spiro atoms. The predicted molar refractivity (Wildman–Crippen MR) is 85.5 cm³/mol. The second-order valence-corrected chi connectivity index (χ2v) is 6.20. The first-order valence-corrected chi connectivity index (χ1v) is 7.80. The number of amides is 1. The standard InChI is InChI=1S/C14H18N4O3S/c1-14(2,3)21-13(19)17-9-7-15-11(20-4)10-8(9)6-16-12(18-10)22-5/h6-7H,1-5H3,(H,17,19). The molecule has 0 bridgehead atoms. The highest BCUT2D eigenvalue weighted by Crippen LogP contribution is 2.28. The lowest BCUT2D eigenvalue weighted by Gasteiger charge is -2.20. The molecule has 0 aliphatic heterocycles. The molecule has 1 N–H and O–H groups in total. The fraction of sp³-hybridized carbons (Fsp3) is 0.429. The molecule has 0 unspecified atom stereocenters. The molecular weight excluding hydrogens is 304 g/mol. The number of hydrogen-bond acceptors (Lipinski definition) is 7. The molecule has 2 aromatic rings. The first-order valence-electron chi connectivity index (χ1n) is 6.58. The van der Waals surface area contributed by atoms with Crippen LogP contribution in [0.1, 0.15) is 20.8 Å². The van der Waals surface area contributed by atoms with Crippen molar-refractivity contribution in [3.8, 4) is 5.88 Å². The monoisotopic (exact) mass is 322 g/mol. The maximum atomic E-state index is 11.9. The van der Waals surface area contributed by atoms with Crippen molar-refractivity contribution in [2.45, 2.75) is 31.5 Å². The van der Waals surface area contributed by atoms with Gasteiger partial charge in [0.25, 0.3) is 0 Å². The molecule has 0 aliphatic carbocycles. The van der Waals surface area contributed by atoms with Gasteiger partial charge in [-0.05, 0) is 27.0 Å². The molecule has 0 aromatic carbocycles. The zero-order valence-corrected chi connectivity index (χ0v) is 13.9. The van der Waals surface area contributed by atoms with E-state index in [4.69, 9.17) is 9.47 Å². The second kappa shape index (κ2) is 6.35. The number of fused-ring (bicyclic) bond motifs is 1. The van der Waals surface area contributed by atoms with Crippen molar-refractivity contribution in [3.05, 3.63) is 12.4 Å². The Bertz CT molecular complexity index is 700. The maximum Gasteiger partial charge on any atom is 0.412 e. The summed E-state index contributed by atoms with van der Waals surface area (Å²) in [5.74, 6) is 0.377. The van der Waals surface area contributed by atoms with Gasteiger partial charge in [-0.1, -0.05) is 11.8 Å². The van der Waals surface area contributed by atoms with Crippen LogP contribution in [0.4, 0.5) is 10.5 Å². The van der Waals surface area contributed by atoms with Crippen LogP contribution in [0.2, 0.25) is 0 Å². The molecule has 118 valence electrons. The third kappa shape index (κ3) is 3.76. The summed E-state index contributed by atoms with van der Waals surface area (Å²) in [6.07, 6.45) is 4.44. The smallest absolute Gasteiger partial charge is 0.412 e. The molecule has 0 fully saturated rings. The first-order chi connectivity index (χ1) is 10.3. The quantitative estimate of drug-likeness (QED) is 0.686. The number of carbonyl (C=O) groups excluding carboxylic acids is 1. The van der Waals surface area contributed by atoms with Gasteiger partial charge in [-0.2, -0.15) is 0 Å². The summed E-state index contributed by atoms with van der Waals surface area (Å²) >= 11 is 1.41. The van der Waals surface area contributed by atoms with Gasteiger partial charge in [0, 0.05) is 11.6 Å². The SMILES string of the molecule is COc1ncc(NC(=O)OC(C)(C)C)c2cnc(SC)nc12. The van der Waals surface area contributed by atoms with Gasteiger partial charge in [-0.15, -0.1) is 0 Å². The lowest BCUT2D eigenvalue weighted by Crippen LogP contribution is -2.27. The summed E-state index contributed by atoms with van der Waals surface area (Å²) < 4.78 is 10.5. The number of ether oxygens (including phenoxy) is 2. The van der Waals surface area contributed by atoms with Crippen LogP contribution in [0.15, 0.2) is 17.6 Å². The molecule has 22 heavy (non-hydrogen) atoms. The van der Waals surface area contributed by atoms with Gasteiger partial charge in [0.05, 0.1) is 19.0 Å². The van der Waals surface area contributed by atoms with Gasteiger partial charge in [0.15, 0.2) is 5.16 Å². The average molecular weight is 322 g/mol. The van der Waals surface area contributed by atoms with E-state index >= 15 is 0 Å². The molecular formula is C14H18N4O3S. The molecule has 8 heteroatoms. The number of anilines is 1. The Kier molecular flexibility index (Phi) is 4.70. The normalized spacial score (nSPS) is 11.3. The zero-order chi connectivity index (χ0) is 16.3. The molecule has 0 saturated carbocycles. The Labute approximate surface area is 132 Å². The fourth-order valence-corrected chi connectivity index (χ4v) is 2.08. The fourth-order valence-electron chi connectivity index (χ4n) is 1.74. The van der Waals surface area contributed by atoms with Crippen LogP contribution in [-0.2, 0) is 4.74 Å². The predicted octanol–water partition coefficient (Wildman–Crippen LogP) is 3.10. The van der Waals surface area contributed by atoms with E-state index in [1.807, 2.05) is 6.26 Å². The molecule has 0 atom stereocenters. The van der Waals surface area contributed by atoms with E-state index in [0.717, 1.165) is 0 Å². The van der Waals surface area contributed by atoms with Crippen molar-refractivity contribution in [1.29, 1.82) is 0 Å². The molecule has 2 rings (SSSR count). The summed E-state index contributed by atoms with van der Waals surface area (Å²) in [6.45, 7) is 5.39. The van der Waals surface area contributed by atoms with Gasteiger partial charge in [0.1, 0.15) is 11.1 Å². The first kappa shape index (κ1) is 16.3. The van der Waals surface area contributed by atoms with E-state index in [-0.39, 0.29) is 0 Å². The average Bonchev–Trinajstić information content (AvgIpc) is 2.45. The molecule has 2 heterocycles. The van der Waals surface area contributed by atoms with E-state index in [0.29, 0.717) is 27.6 Å². The van der Waals surface area contributed by atoms with Crippen LogP contribution in [0.25, 0.3) is 10.9 Å². The topological polar surface area (TPSA) is 86.2 Å². The van der Waals surface area contributed by atoms with Crippen molar-refractivity contribution in [1.82, 2.24) is 15.0 Å². The van der Waals surface area contributed by atoms with Crippen LogP contribution in [0.3, 0.4) is 0 Å². The van der Waals surface area contributed by atoms with Gasteiger partial charge in [0.2, 0.25) is 5.88 Å². The van der Waals surface area contributed by atoms with E-state index in [9.17, 15) is 4.79 Å². The Morgan fingerprint density at radius 2 is 2.00 bits per heavy atom. The summed E-state index contributed by atoms with van der Waals surface area (Å²) in [7, 11) is 1.52. The summed E-state index contributed by atoms with van der Waals surface area (Å²) in [5.41, 5.74) is 0.426. The van der Waals surface area contributed by atoms with E-state index in [2.05, 4.69) is 20.3 Å². The van der Waals surface area contributed by atoms with Gasteiger partial charge in [-0.25, -0.2) is 19.7 Å². The maximum absolute atomic E-state index is 11.9. The number of carbonyl (C=O) groups is 1.